The summed E-state index contributed by atoms with van der Waals surface area (Å²) < 4.78 is 16.5. The summed E-state index contributed by atoms with van der Waals surface area (Å²) in [6.07, 6.45) is 0. The summed E-state index contributed by atoms with van der Waals surface area (Å²) >= 11 is 1.40. The van der Waals surface area contributed by atoms with Crippen LogP contribution in [-0.4, -0.2) is 32.1 Å². The summed E-state index contributed by atoms with van der Waals surface area (Å²) in [6.45, 7) is 0.974. The van der Waals surface area contributed by atoms with Gasteiger partial charge in [-0.05, 0) is 54.1 Å². The van der Waals surface area contributed by atoms with Crippen LogP contribution in [0.1, 0.15) is 21.2 Å². The van der Waals surface area contributed by atoms with Gasteiger partial charge in [-0.15, -0.1) is 11.8 Å². The van der Waals surface area contributed by atoms with Gasteiger partial charge in [-0.3, -0.25) is 9.59 Å². The standard InChI is InChI=1S/C30H26N2O5S/c1-35-24-11-5-9-21(17-24)29(33)31-22-10-6-12-25(18-22)38-28(20-7-3-2-4-8-20)30(34)32-23-13-14-26-27(19-23)37-16-15-36-26/h2-14,17-19,28H,15-16H2,1H3,(H,31,33)(H,32,34). The number of hydrogen-bond donors (Lipinski definition) is 2. The van der Waals surface area contributed by atoms with E-state index in [2.05, 4.69) is 10.6 Å². The Hall–Kier alpha value is -4.43. The van der Waals surface area contributed by atoms with Crippen LogP contribution in [0.2, 0.25) is 0 Å². The average molecular weight is 527 g/mol. The minimum atomic E-state index is -0.534. The van der Waals surface area contributed by atoms with Crippen molar-refractivity contribution in [2.24, 2.45) is 0 Å². The maximum atomic E-state index is 13.5. The molecule has 7 nitrogen and oxygen atoms in total. The molecule has 2 amide bonds. The van der Waals surface area contributed by atoms with Crippen molar-refractivity contribution in [2.75, 3.05) is 31.0 Å². The largest absolute Gasteiger partial charge is 0.497 e. The molecule has 4 aromatic carbocycles. The van der Waals surface area contributed by atoms with Gasteiger partial charge in [-0.25, -0.2) is 0 Å². The lowest BCUT2D eigenvalue weighted by Crippen LogP contribution is -2.20. The average Bonchev–Trinajstić information content (AvgIpc) is 2.96. The van der Waals surface area contributed by atoms with Gasteiger partial charge in [0.25, 0.3) is 5.91 Å². The fraction of sp³-hybridized carbons (Fsp3) is 0.133. The number of amides is 2. The molecule has 0 aromatic heterocycles. The van der Waals surface area contributed by atoms with Gasteiger partial charge in [0, 0.05) is 27.9 Å². The molecule has 8 heteroatoms. The summed E-state index contributed by atoms with van der Waals surface area (Å²) in [7, 11) is 1.56. The first-order chi connectivity index (χ1) is 18.6. The summed E-state index contributed by atoms with van der Waals surface area (Å²) in [6, 6.07) is 29.3. The van der Waals surface area contributed by atoms with Crippen molar-refractivity contribution in [1.82, 2.24) is 0 Å². The molecule has 0 aliphatic carbocycles. The number of ether oxygens (including phenoxy) is 3. The lowest BCUT2D eigenvalue weighted by atomic mass is 10.1. The molecule has 0 saturated heterocycles. The fourth-order valence-electron chi connectivity index (χ4n) is 3.98. The van der Waals surface area contributed by atoms with Crippen molar-refractivity contribution in [2.45, 2.75) is 10.1 Å². The highest BCUT2D eigenvalue weighted by molar-refractivity contribution is 8.00. The zero-order chi connectivity index (χ0) is 26.3. The predicted octanol–water partition coefficient (Wildman–Crippen LogP) is 6.19. The van der Waals surface area contributed by atoms with Gasteiger partial charge in [0.15, 0.2) is 11.5 Å². The number of anilines is 2. The highest BCUT2D eigenvalue weighted by Gasteiger charge is 2.23. The highest BCUT2D eigenvalue weighted by Crippen LogP contribution is 2.38. The quantitative estimate of drug-likeness (QED) is 0.266. The zero-order valence-corrected chi connectivity index (χ0v) is 21.5. The summed E-state index contributed by atoms with van der Waals surface area (Å²) in [5.74, 6) is 1.45. The van der Waals surface area contributed by atoms with Crippen LogP contribution >= 0.6 is 11.8 Å². The predicted molar refractivity (Wildman–Crippen MR) is 148 cm³/mol. The number of fused-ring (bicyclic) bond motifs is 1. The van der Waals surface area contributed by atoms with E-state index in [4.69, 9.17) is 14.2 Å². The number of methoxy groups -OCH3 is 1. The van der Waals surface area contributed by atoms with Crippen LogP contribution in [0.3, 0.4) is 0 Å². The van der Waals surface area contributed by atoms with E-state index in [-0.39, 0.29) is 11.8 Å². The lowest BCUT2D eigenvalue weighted by Gasteiger charge is -2.20. The van der Waals surface area contributed by atoms with E-state index >= 15 is 0 Å². The molecule has 1 unspecified atom stereocenters. The second kappa shape index (κ2) is 11.7. The molecule has 0 bridgehead atoms. The van der Waals surface area contributed by atoms with Crippen molar-refractivity contribution in [1.29, 1.82) is 0 Å². The Labute approximate surface area is 225 Å². The lowest BCUT2D eigenvalue weighted by molar-refractivity contribution is -0.115. The first-order valence-corrected chi connectivity index (χ1v) is 12.9. The first kappa shape index (κ1) is 25.2. The Kier molecular flexibility index (Phi) is 7.80. The fourth-order valence-corrected chi connectivity index (χ4v) is 5.06. The van der Waals surface area contributed by atoms with Gasteiger partial charge in [-0.1, -0.05) is 42.5 Å². The van der Waals surface area contributed by atoms with Crippen LogP contribution in [0.4, 0.5) is 11.4 Å². The highest BCUT2D eigenvalue weighted by atomic mass is 32.2. The summed E-state index contributed by atoms with van der Waals surface area (Å²) in [5.41, 5.74) is 2.60. The Morgan fingerprint density at radius 1 is 0.789 bits per heavy atom. The molecule has 1 aliphatic rings. The van der Waals surface area contributed by atoms with E-state index < -0.39 is 5.25 Å². The van der Waals surface area contributed by atoms with E-state index in [0.29, 0.717) is 47.4 Å². The smallest absolute Gasteiger partial charge is 0.255 e. The maximum absolute atomic E-state index is 13.5. The normalized spacial score (nSPS) is 12.8. The van der Waals surface area contributed by atoms with Crippen LogP contribution in [0.5, 0.6) is 17.2 Å². The number of rotatable bonds is 8. The van der Waals surface area contributed by atoms with E-state index in [1.807, 2.05) is 54.6 Å². The zero-order valence-electron chi connectivity index (χ0n) is 20.7. The van der Waals surface area contributed by atoms with Gasteiger partial charge < -0.3 is 24.8 Å². The Morgan fingerprint density at radius 3 is 2.37 bits per heavy atom. The molecular formula is C30H26N2O5S. The van der Waals surface area contributed by atoms with E-state index in [1.54, 1.807) is 49.6 Å². The molecule has 1 atom stereocenters. The second-order valence-corrected chi connectivity index (χ2v) is 9.65. The molecule has 38 heavy (non-hydrogen) atoms. The summed E-state index contributed by atoms with van der Waals surface area (Å²) in [4.78, 5) is 27.1. The first-order valence-electron chi connectivity index (χ1n) is 12.1. The molecule has 0 spiro atoms. The number of thioether (sulfide) groups is 1. The third kappa shape index (κ3) is 6.10. The molecule has 5 rings (SSSR count). The molecule has 192 valence electrons. The molecule has 2 N–H and O–H groups in total. The van der Waals surface area contributed by atoms with Crippen molar-refractivity contribution in [3.63, 3.8) is 0 Å². The monoisotopic (exact) mass is 526 g/mol. The van der Waals surface area contributed by atoms with Crippen LogP contribution < -0.4 is 24.8 Å². The minimum Gasteiger partial charge on any atom is -0.497 e. The van der Waals surface area contributed by atoms with Crippen molar-refractivity contribution < 1.29 is 23.8 Å². The molecule has 1 heterocycles. The Morgan fingerprint density at radius 2 is 1.55 bits per heavy atom. The second-order valence-electron chi connectivity index (χ2n) is 8.47. The van der Waals surface area contributed by atoms with Gasteiger partial charge in [0.1, 0.15) is 24.2 Å². The minimum absolute atomic E-state index is 0.177. The molecular weight excluding hydrogens is 500 g/mol. The van der Waals surface area contributed by atoms with Crippen LogP contribution in [0.15, 0.2) is 102 Å². The number of benzene rings is 4. The maximum Gasteiger partial charge on any atom is 0.255 e. The third-order valence-electron chi connectivity index (χ3n) is 5.83. The Bertz CT molecular complexity index is 1440. The molecule has 0 saturated carbocycles. The van der Waals surface area contributed by atoms with Crippen molar-refractivity contribution in [3.8, 4) is 17.2 Å². The van der Waals surface area contributed by atoms with Crippen molar-refractivity contribution in [3.05, 3.63) is 108 Å². The number of hydrogen-bond acceptors (Lipinski definition) is 6. The number of carbonyl (C=O) groups excluding carboxylic acids is 2. The molecule has 1 aliphatic heterocycles. The number of carbonyl (C=O) groups is 2. The molecule has 4 aromatic rings. The topological polar surface area (TPSA) is 85.9 Å². The molecule has 0 radical (unpaired) electrons. The number of nitrogens with one attached hydrogen (secondary N) is 2. The van der Waals surface area contributed by atoms with Gasteiger partial charge in [0.05, 0.1) is 7.11 Å². The summed E-state index contributed by atoms with van der Waals surface area (Å²) in [5, 5.41) is 5.41. The van der Waals surface area contributed by atoms with Gasteiger partial charge >= 0.3 is 0 Å². The van der Waals surface area contributed by atoms with E-state index in [0.717, 1.165) is 10.5 Å². The van der Waals surface area contributed by atoms with E-state index in [1.165, 1.54) is 11.8 Å². The molecule has 0 fully saturated rings. The van der Waals surface area contributed by atoms with Crippen LogP contribution in [-0.2, 0) is 4.79 Å². The van der Waals surface area contributed by atoms with Crippen LogP contribution in [0, 0.1) is 0 Å². The third-order valence-corrected chi connectivity index (χ3v) is 7.08. The van der Waals surface area contributed by atoms with Crippen LogP contribution in [0.25, 0.3) is 0 Å². The SMILES string of the molecule is COc1cccc(C(=O)Nc2cccc(SC(C(=O)Nc3ccc4c(c3)OCCO4)c3ccccc3)c2)c1. The Balaban J connectivity index is 1.34. The van der Waals surface area contributed by atoms with Gasteiger partial charge in [-0.2, -0.15) is 0 Å². The van der Waals surface area contributed by atoms with Crippen molar-refractivity contribution >= 4 is 35.0 Å². The van der Waals surface area contributed by atoms with E-state index in [9.17, 15) is 9.59 Å². The van der Waals surface area contributed by atoms with Gasteiger partial charge in [0.2, 0.25) is 5.91 Å².